The van der Waals surface area contributed by atoms with E-state index in [0.29, 0.717) is 52.3 Å². The highest BCUT2D eigenvalue weighted by Crippen LogP contribution is 2.31. The predicted octanol–water partition coefficient (Wildman–Crippen LogP) is 5.68. The third kappa shape index (κ3) is 5.83. The Kier molecular flexibility index (Phi) is 7.44. The molecule has 1 fully saturated rings. The zero-order valence-electron chi connectivity index (χ0n) is 20.5. The van der Waals surface area contributed by atoms with Crippen molar-refractivity contribution < 1.29 is 4.74 Å². The van der Waals surface area contributed by atoms with Crippen LogP contribution in [0.2, 0.25) is 5.02 Å². The van der Waals surface area contributed by atoms with Crippen molar-refractivity contribution in [3.05, 3.63) is 71.6 Å². The van der Waals surface area contributed by atoms with Gasteiger partial charge in [-0.25, -0.2) is 19.9 Å². The number of fused-ring (bicyclic) bond motifs is 1. The van der Waals surface area contributed by atoms with Crippen LogP contribution in [0.5, 0.6) is 5.75 Å². The van der Waals surface area contributed by atoms with Crippen molar-refractivity contribution in [2.45, 2.75) is 44.4 Å². The molecule has 2 aromatic carbocycles. The van der Waals surface area contributed by atoms with E-state index in [4.69, 9.17) is 21.3 Å². The molecule has 0 spiro atoms. The smallest absolute Gasteiger partial charge is 0.223 e. The fourth-order valence-corrected chi connectivity index (χ4v) is 4.74. The van der Waals surface area contributed by atoms with Crippen LogP contribution in [0.15, 0.2) is 61.1 Å². The summed E-state index contributed by atoms with van der Waals surface area (Å²) in [5.74, 6) is 1.81. The van der Waals surface area contributed by atoms with E-state index in [2.05, 4.69) is 44.6 Å². The number of halogens is 1. The van der Waals surface area contributed by atoms with Crippen LogP contribution >= 0.6 is 11.6 Å². The van der Waals surface area contributed by atoms with Crippen molar-refractivity contribution >= 4 is 40.1 Å². The zero-order valence-corrected chi connectivity index (χ0v) is 21.2. The summed E-state index contributed by atoms with van der Waals surface area (Å²) in [6, 6.07) is 16.6. The van der Waals surface area contributed by atoms with E-state index in [0.717, 1.165) is 24.1 Å². The van der Waals surface area contributed by atoms with Gasteiger partial charge in [-0.15, -0.1) is 0 Å². The quantitative estimate of drug-likeness (QED) is 0.317. The molecule has 0 unspecified atom stereocenters. The van der Waals surface area contributed by atoms with Crippen LogP contribution < -0.4 is 15.4 Å². The van der Waals surface area contributed by atoms with Crippen LogP contribution in [0.25, 0.3) is 11.0 Å². The molecule has 4 aromatic rings. The Bertz CT molecular complexity index is 1310. The number of nitrogens with one attached hydrogen (secondary N) is 2. The Morgan fingerprint density at radius 2 is 1.81 bits per heavy atom. The summed E-state index contributed by atoms with van der Waals surface area (Å²) in [7, 11) is 4.30. The fourth-order valence-electron chi connectivity index (χ4n) is 4.50. The summed E-state index contributed by atoms with van der Waals surface area (Å²) >= 11 is 6.51. The van der Waals surface area contributed by atoms with E-state index < -0.39 is 0 Å². The van der Waals surface area contributed by atoms with Crippen molar-refractivity contribution in [2.24, 2.45) is 0 Å². The first-order chi connectivity index (χ1) is 17.5. The average Bonchev–Trinajstić information content (AvgIpc) is 2.89. The summed E-state index contributed by atoms with van der Waals surface area (Å²) in [5.41, 5.74) is 3.18. The molecule has 186 valence electrons. The summed E-state index contributed by atoms with van der Waals surface area (Å²) in [5, 5.41) is 7.34. The lowest BCUT2D eigenvalue weighted by molar-refractivity contribution is 0.221. The molecule has 0 atom stereocenters. The Morgan fingerprint density at radius 3 is 2.56 bits per heavy atom. The van der Waals surface area contributed by atoms with E-state index in [-0.39, 0.29) is 0 Å². The number of nitrogens with zero attached hydrogens (tertiary/aromatic N) is 5. The Hall–Kier alpha value is -3.49. The minimum atomic E-state index is 0.363. The zero-order chi connectivity index (χ0) is 24.9. The molecular weight excluding hydrogens is 474 g/mol. The molecule has 1 aliphatic rings. The second-order valence-electron chi connectivity index (χ2n) is 9.31. The number of rotatable bonds is 8. The van der Waals surface area contributed by atoms with Gasteiger partial charge in [-0.05, 0) is 63.5 Å². The van der Waals surface area contributed by atoms with Gasteiger partial charge >= 0.3 is 0 Å². The molecule has 2 N–H and O–H groups in total. The third-order valence-corrected chi connectivity index (χ3v) is 6.86. The minimum absolute atomic E-state index is 0.363. The normalized spacial score (nSPS) is 17.8. The number of anilines is 3. The molecule has 0 aliphatic heterocycles. The average molecular weight is 504 g/mol. The number of hydrogen-bond acceptors (Lipinski definition) is 8. The lowest BCUT2D eigenvalue weighted by atomic mass is 9.91. The molecule has 8 nitrogen and oxygen atoms in total. The van der Waals surface area contributed by atoms with E-state index in [1.54, 1.807) is 6.20 Å². The van der Waals surface area contributed by atoms with Gasteiger partial charge in [0.05, 0.1) is 11.2 Å². The molecule has 0 amide bonds. The van der Waals surface area contributed by atoms with E-state index >= 15 is 0 Å². The lowest BCUT2D eigenvalue weighted by Crippen LogP contribution is -2.36. The molecule has 2 heterocycles. The molecule has 9 heteroatoms. The van der Waals surface area contributed by atoms with Crippen LogP contribution in [-0.4, -0.2) is 51.0 Å². The molecule has 1 aliphatic carbocycles. The number of ether oxygens (including phenoxy) is 1. The summed E-state index contributed by atoms with van der Waals surface area (Å²) in [6.45, 7) is 0.452. The van der Waals surface area contributed by atoms with Crippen LogP contribution in [0.3, 0.4) is 0 Å². The largest absolute Gasteiger partial charge is 0.487 e. The Balaban J connectivity index is 1.28. The Morgan fingerprint density at radius 1 is 1.00 bits per heavy atom. The van der Waals surface area contributed by atoms with Gasteiger partial charge in [-0.3, -0.25) is 0 Å². The lowest BCUT2D eigenvalue weighted by Gasteiger charge is -2.32. The van der Waals surface area contributed by atoms with E-state index in [9.17, 15) is 0 Å². The minimum Gasteiger partial charge on any atom is -0.487 e. The second kappa shape index (κ2) is 11.1. The van der Waals surface area contributed by atoms with Gasteiger partial charge < -0.3 is 20.3 Å². The van der Waals surface area contributed by atoms with Gasteiger partial charge in [0.25, 0.3) is 0 Å². The number of aromatic nitrogens is 4. The third-order valence-electron chi connectivity index (χ3n) is 6.57. The highest BCUT2D eigenvalue weighted by Gasteiger charge is 2.23. The monoisotopic (exact) mass is 503 g/mol. The SMILES string of the molecule is CN(C)C1CCC(Nc2ncc3ncnc(Nc4ccc(OCc5ccccc5)c(Cl)c4)c3n2)CC1. The topological polar surface area (TPSA) is 88.1 Å². The number of hydrogen-bond donors (Lipinski definition) is 2. The van der Waals surface area contributed by atoms with E-state index in [1.807, 2.05) is 48.5 Å². The maximum absolute atomic E-state index is 6.51. The first-order valence-corrected chi connectivity index (χ1v) is 12.6. The molecule has 0 saturated heterocycles. The Labute approximate surface area is 216 Å². The van der Waals surface area contributed by atoms with Gasteiger partial charge in [-0.2, -0.15) is 0 Å². The van der Waals surface area contributed by atoms with Crippen LogP contribution in [0.1, 0.15) is 31.2 Å². The van der Waals surface area contributed by atoms with Crippen molar-refractivity contribution in [3.63, 3.8) is 0 Å². The molecule has 1 saturated carbocycles. The predicted molar refractivity (Wildman–Crippen MR) is 144 cm³/mol. The molecule has 5 rings (SSSR count). The van der Waals surface area contributed by atoms with Gasteiger partial charge in [0.2, 0.25) is 5.95 Å². The molecule has 2 aromatic heterocycles. The van der Waals surface area contributed by atoms with Crippen LogP contribution in [0, 0.1) is 0 Å². The van der Waals surface area contributed by atoms with Crippen molar-refractivity contribution in [2.75, 3.05) is 24.7 Å². The summed E-state index contributed by atoms with van der Waals surface area (Å²) < 4.78 is 5.89. The maximum Gasteiger partial charge on any atom is 0.223 e. The molecule has 36 heavy (non-hydrogen) atoms. The number of benzene rings is 2. The van der Waals surface area contributed by atoms with Crippen molar-refractivity contribution in [3.8, 4) is 5.75 Å². The van der Waals surface area contributed by atoms with E-state index in [1.165, 1.54) is 19.2 Å². The van der Waals surface area contributed by atoms with Crippen molar-refractivity contribution in [1.29, 1.82) is 0 Å². The molecular formula is C27H30ClN7O. The highest BCUT2D eigenvalue weighted by atomic mass is 35.5. The fraction of sp³-hybridized carbons (Fsp3) is 0.333. The van der Waals surface area contributed by atoms with Gasteiger partial charge in [0, 0.05) is 17.8 Å². The first kappa shape index (κ1) is 24.2. The molecule has 0 bridgehead atoms. The second-order valence-corrected chi connectivity index (χ2v) is 9.71. The van der Waals surface area contributed by atoms with Crippen molar-refractivity contribution in [1.82, 2.24) is 24.8 Å². The summed E-state index contributed by atoms with van der Waals surface area (Å²) in [4.78, 5) is 20.3. The molecule has 0 radical (unpaired) electrons. The summed E-state index contributed by atoms with van der Waals surface area (Å²) in [6.07, 6.45) is 7.76. The van der Waals surface area contributed by atoms with Gasteiger partial charge in [0.15, 0.2) is 5.82 Å². The van der Waals surface area contributed by atoms with Gasteiger partial charge in [0.1, 0.15) is 29.7 Å². The maximum atomic E-state index is 6.51. The van der Waals surface area contributed by atoms with Crippen LogP contribution in [-0.2, 0) is 6.61 Å². The standard InChI is InChI=1S/C27H30ClN7O/c1-35(2)21-11-8-19(9-12-21)33-27-29-15-23-25(34-27)26(31-17-30-23)32-20-10-13-24(22(28)14-20)36-16-18-6-4-3-5-7-18/h3-7,10,13-15,17,19,21H,8-9,11-12,16H2,1-2H3,(H,29,33,34)(H,30,31,32). The van der Waals surface area contributed by atoms with Gasteiger partial charge in [-0.1, -0.05) is 41.9 Å². The highest BCUT2D eigenvalue weighted by molar-refractivity contribution is 6.32. The first-order valence-electron chi connectivity index (χ1n) is 12.2. The van der Waals surface area contributed by atoms with Crippen LogP contribution in [0.4, 0.5) is 17.5 Å².